The zero-order valence-corrected chi connectivity index (χ0v) is 75.2. The normalized spacial score (nSPS) is 37.6. The van der Waals surface area contributed by atoms with Crippen LogP contribution in [0, 0.1) is 35.5 Å². The second kappa shape index (κ2) is 37.6. The summed E-state index contributed by atoms with van der Waals surface area (Å²) in [5, 5.41) is 105. The van der Waals surface area contributed by atoms with E-state index in [-0.39, 0.29) is 109 Å². The van der Waals surface area contributed by atoms with Gasteiger partial charge in [0.25, 0.3) is 0 Å². The first kappa shape index (κ1) is 78.9. The number of hydrogen-bond acceptors (Lipinski definition) is 42. The largest absolute Gasteiger partial charge is 0.502 e. The number of carbonyl (C=O) groups is 3. The molecule has 9 N–H and O–H groups in total. The van der Waals surface area contributed by atoms with Crippen LogP contribution in [0.3, 0.4) is 0 Å². The Morgan fingerprint density at radius 3 is 1.17 bits per heavy atom. The summed E-state index contributed by atoms with van der Waals surface area (Å²) in [4.78, 5) is 43.1. The molecule has 3 aliphatic carbocycles. The van der Waals surface area contributed by atoms with E-state index in [0.29, 0.717) is 61.3 Å². The summed E-state index contributed by atoms with van der Waals surface area (Å²) in [7, 11) is -0.816. The van der Waals surface area contributed by atoms with Gasteiger partial charge < -0.3 is 174 Å². The van der Waals surface area contributed by atoms with E-state index < -0.39 is 245 Å². The average molecular weight is 1980 g/mol. The van der Waals surface area contributed by atoms with E-state index >= 15 is 0 Å². The number of fused-ring (bicyclic) bond motifs is 12. The number of aliphatic hydroxyl groups is 6. The van der Waals surface area contributed by atoms with Gasteiger partial charge in [-0.05, 0) is 157 Å². The van der Waals surface area contributed by atoms with Gasteiger partial charge in [-0.1, -0.05) is 18.2 Å². The topological polar surface area (TPSA) is 482 Å². The summed E-state index contributed by atoms with van der Waals surface area (Å²) >= 11 is 4.11. The third-order valence-corrected chi connectivity index (χ3v) is 29.6. The number of phenolic OH excluding ortho intramolecular Hbond substituents is 3. The molecule has 0 amide bonds. The first-order valence-electron chi connectivity index (χ1n) is 49.6. The zero-order valence-electron chi connectivity index (χ0n) is 84.7. The molecule has 9 aromatic rings. The Hall–Kier alpha value is -10.9. The molecule has 9 saturated heterocycles. The van der Waals surface area contributed by atoms with Crippen molar-refractivity contribution in [2.45, 2.75) is 147 Å². The SMILES string of the molecule is [2H]C([2H])([2H])Oc1cc([C@]2([2H])c3cc4c(cc3[C@@H](O[C@@H]3O[C@@H]5CO[C@@H](c6cccs6)O[C@H]5[C@H](O)[C@H]3O)[C@@H]3[C@@H]2C(=O)OC3([2H])[2H])OCO4)cc(OC([2H])([2H])[2H])c1O.[2H]C1([2H])O[C@@H](c2cccs2)O[C@H]2[C@H](O)[C@@H](O)[C@H](O[C@@H]3c4cc5c(cc4[C@@H](c4cc(OC)c(O)c(OC)c4)[C@H]4C(=O)OC[C@@H]43)OCO5)O[C@@H]21.[2H][C@]12C(=O)OC[C@@H]1[C@H](O[C@@H]1O[C@@H]3CO[C@@H](c4cccs4)O[C@H]3[C@H](O)[C@H]1O)c1cc3c(cc1[C@H]2c1cc(OC)c(O)c(OC)c1)OCO3. The van der Waals surface area contributed by atoms with Crippen molar-refractivity contribution < 1.29 is 205 Å². The van der Waals surface area contributed by atoms with Crippen molar-refractivity contribution in [1.82, 2.24) is 0 Å². The molecule has 3 aromatic heterocycles. The van der Waals surface area contributed by atoms with Crippen LogP contribution in [0.1, 0.15) is 136 Å². The molecular weight excluding hydrogens is 1870 g/mol. The van der Waals surface area contributed by atoms with E-state index in [1.54, 1.807) is 78.2 Å². The van der Waals surface area contributed by atoms with Gasteiger partial charge in [0.15, 0.2) is 107 Å². The predicted octanol–water partition coefficient (Wildman–Crippen LogP) is 8.26. The molecule has 15 aliphatic rings. The highest BCUT2D eigenvalue weighted by Crippen LogP contribution is 2.63. The van der Waals surface area contributed by atoms with Gasteiger partial charge in [0.05, 0.1) is 146 Å². The predicted molar refractivity (Wildman–Crippen MR) is 468 cm³/mol. The highest BCUT2D eigenvalue weighted by atomic mass is 32.1. The van der Waals surface area contributed by atoms with Gasteiger partial charge in [0, 0.05) is 38.2 Å². The molecule has 732 valence electrons. The zero-order chi connectivity index (χ0) is 105. The van der Waals surface area contributed by atoms with Crippen LogP contribution in [-0.4, -0.2) is 258 Å². The Morgan fingerprint density at radius 1 is 0.362 bits per heavy atom. The monoisotopic (exact) mass is 1980 g/mol. The quantitative estimate of drug-likeness (QED) is 0.0288. The molecular formula is C96H96O39S3. The summed E-state index contributed by atoms with van der Waals surface area (Å²) in [6.07, 6.45) is -27.0. The van der Waals surface area contributed by atoms with E-state index in [1.807, 2.05) is 22.9 Å². The maximum atomic E-state index is 13.9. The summed E-state index contributed by atoms with van der Waals surface area (Å²) in [6, 6.07) is 28.5. The second-order valence-corrected chi connectivity index (χ2v) is 37.2. The Kier molecular flexibility index (Phi) is 21.5. The average Bonchev–Trinajstić information content (AvgIpc) is 1.43. The Bertz CT molecular complexity index is 6520. The van der Waals surface area contributed by atoms with Crippen LogP contribution < -0.4 is 56.8 Å². The molecule has 12 aliphatic heterocycles. The van der Waals surface area contributed by atoms with Crippen LogP contribution in [0.25, 0.3) is 0 Å². The summed E-state index contributed by atoms with van der Waals surface area (Å²) in [6.45, 7) is -5.87. The number of cyclic esters (lactones) is 3. The molecule has 0 bridgehead atoms. The number of ether oxygens (including phenoxy) is 27. The fourth-order valence-electron chi connectivity index (χ4n) is 20.4. The van der Waals surface area contributed by atoms with Gasteiger partial charge in [-0.15, -0.1) is 34.0 Å². The minimum Gasteiger partial charge on any atom is -0.502 e. The minimum absolute atomic E-state index is 0.00588. The summed E-state index contributed by atoms with van der Waals surface area (Å²) < 4.78 is 255. The van der Waals surface area contributed by atoms with Crippen molar-refractivity contribution >= 4 is 51.9 Å². The number of rotatable bonds is 18. The molecule has 6 aromatic carbocycles. The number of aromatic hydroxyl groups is 3. The highest BCUT2D eigenvalue weighted by Gasteiger charge is 2.62. The molecule has 15 heterocycles. The summed E-state index contributed by atoms with van der Waals surface area (Å²) in [5.74, 6) is -15.3. The number of methoxy groups -OCH3 is 6. The fraction of sp³-hybridized carbons (Fsp3) is 0.469. The third-order valence-electron chi connectivity index (χ3n) is 26.9. The lowest BCUT2D eigenvalue weighted by atomic mass is 9.66. The van der Waals surface area contributed by atoms with E-state index in [2.05, 4.69) is 0 Å². The van der Waals surface area contributed by atoms with Crippen LogP contribution >= 0.6 is 34.0 Å². The Morgan fingerprint density at radius 2 is 0.725 bits per heavy atom. The van der Waals surface area contributed by atoms with Crippen molar-refractivity contribution in [3.8, 4) is 86.2 Å². The van der Waals surface area contributed by atoms with Crippen molar-refractivity contribution in [3.63, 3.8) is 0 Å². The van der Waals surface area contributed by atoms with Crippen molar-refractivity contribution in [2.24, 2.45) is 35.5 Å². The lowest BCUT2D eigenvalue weighted by molar-refractivity contribution is -0.368. The lowest BCUT2D eigenvalue weighted by Crippen LogP contribution is -2.62. The van der Waals surface area contributed by atoms with Crippen LogP contribution in [0.2, 0.25) is 0 Å². The van der Waals surface area contributed by atoms with Crippen molar-refractivity contribution in [2.75, 3.05) is 102 Å². The maximum Gasteiger partial charge on any atom is 0.310 e. The van der Waals surface area contributed by atoms with Gasteiger partial charge >= 0.3 is 17.9 Å². The van der Waals surface area contributed by atoms with Gasteiger partial charge in [0.2, 0.25) is 37.6 Å². The number of aliphatic hydroxyl groups excluding tert-OH is 6. The van der Waals surface area contributed by atoms with E-state index in [1.165, 1.54) is 74.6 Å². The van der Waals surface area contributed by atoms with Gasteiger partial charge in [-0.3, -0.25) is 14.4 Å². The number of thiophene rings is 3. The number of esters is 3. The highest BCUT2D eigenvalue weighted by molar-refractivity contribution is 7.10. The molecule has 138 heavy (non-hydrogen) atoms. The molecule has 0 radical (unpaired) electrons. The molecule has 42 heteroatoms. The minimum atomic E-state index is -3.20. The lowest BCUT2D eigenvalue weighted by Gasteiger charge is -2.48. The van der Waals surface area contributed by atoms with E-state index in [9.17, 15) is 63.1 Å². The number of carbonyl (C=O) groups excluding carboxylic acids is 3. The van der Waals surface area contributed by atoms with Gasteiger partial charge in [0.1, 0.15) is 73.2 Å². The Labute approximate surface area is 814 Å². The molecule has 24 rings (SSSR count). The van der Waals surface area contributed by atoms with Gasteiger partial charge in [-0.25, -0.2) is 0 Å². The Balaban J connectivity index is 0.000000128. The fourth-order valence-corrected chi connectivity index (χ4v) is 22.5. The molecule has 30 atom stereocenters. The molecule has 0 spiro atoms. The standard InChI is InChI=1S/3C32H32O13S/c3*1-37-19-6-13(7-20(38-2)25(19)33)23-14-8-17-18(42-12-41-17)9-15(14)28(16-10-39-30(36)24(16)23)44-32-27(35)26(34)29-21(43-32)11-40-31(45-29)22-4-3-5-46-22/h3*3-9,16,21,23-24,26-29,31-35H,10-12H2,1-2H3/t3*16-,21+,23+,24-,26+,27+,28+,29+,31+,32-/m000/s1/i1D3,2D3,10D2,23D;24D;11D2. The van der Waals surface area contributed by atoms with Gasteiger partial charge in [-0.2, -0.15) is 0 Å². The summed E-state index contributed by atoms with van der Waals surface area (Å²) in [5.41, 5.74) is 2.74. The van der Waals surface area contributed by atoms with E-state index in [4.69, 9.17) is 142 Å². The smallest absolute Gasteiger partial charge is 0.310 e. The molecule has 9 fully saturated rings. The van der Waals surface area contributed by atoms with Crippen LogP contribution in [0.5, 0.6) is 86.2 Å². The molecule has 39 nitrogen and oxygen atoms in total. The third kappa shape index (κ3) is 16.1. The second-order valence-electron chi connectivity index (χ2n) is 34.3. The van der Waals surface area contributed by atoms with Crippen molar-refractivity contribution in [1.29, 1.82) is 0 Å². The first-order valence-corrected chi connectivity index (χ1v) is 46.2. The number of hydrogen-bond donors (Lipinski definition) is 9. The van der Waals surface area contributed by atoms with Crippen LogP contribution in [0.4, 0.5) is 0 Å². The maximum absolute atomic E-state index is 13.9. The van der Waals surface area contributed by atoms with Crippen LogP contribution in [-0.2, 0) is 85.4 Å². The van der Waals surface area contributed by atoms with E-state index in [0.717, 1.165) is 21.9 Å². The molecule has 0 saturated carbocycles. The molecule has 0 unspecified atom stereocenters. The van der Waals surface area contributed by atoms with Crippen LogP contribution in [0.15, 0.2) is 125 Å². The first-order chi connectivity index (χ1) is 71.6. The number of benzene rings is 6. The van der Waals surface area contributed by atoms with Crippen molar-refractivity contribution in [3.05, 3.63) is 190 Å². The number of phenols is 3.